The Balaban J connectivity index is 2.09. The molecule has 18 heavy (non-hydrogen) atoms. The Morgan fingerprint density at radius 2 is 1.83 bits per heavy atom. The van der Waals surface area contributed by atoms with E-state index in [0.717, 1.165) is 5.56 Å². The first kappa shape index (κ1) is 12.2. The minimum Gasteiger partial charge on any atom is -0.508 e. The molecular formula is C15H15NO2. The lowest BCUT2D eigenvalue weighted by atomic mass is 10.0. The summed E-state index contributed by atoms with van der Waals surface area (Å²) >= 11 is 0. The maximum absolute atomic E-state index is 12.0. The molecule has 92 valence electrons. The summed E-state index contributed by atoms with van der Waals surface area (Å²) in [5.41, 5.74) is 1.57. The van der Waals surface area contributed by atoms with Crippen LogP contribution in [-0.2, 0) is 4.79 Å². The summed E-state index contributed by atoms with van der Waals surface area (Å²) in [7, 11) is 0. The van der Waals surface area contributed by atoms with Crippen LogP contribution in [0.3, 0.4) is 0 Å². The molecule has 0 fully saturated rings. The van der Waals surface area contributed by atoms with Gasteiger partial charge in [0, 0.05) is 11.8 Å². The van der Waals surface area contributed by atoms with Crippen molar-refractivity contribution in [1.82, 2.24) is 0 Å². The van der Waals surface area contributed by atoms with Gasteiger partial charge in [0.25, 0.3) is 0 Å². The van der Waals surface area contributed by atoms with Crippen molar-refractivity contribution in [2.75, 3.05) is 5.32 Å². The first-order chi connectivity index (χ1) is 8.66. The minimum atomic E-state index is -0.228. The number of anilines is 1. The van der Waals surface area contributed by atoms with Gasteiger partial charge in [-0.1, -0.05) is 36.4 Å². The zero-order chi connectivity index (χ0) is 13.0. The van der Waals surface area contributed by atoms with E-state index < -0.39 is 0 Å². The third-order valence-electron chi connectivity index (χ3n) is 2.81. The highest BCUT2D eigenvalue weighted by Gasteiger charge is 2.14. The number of phenols is 1. The van der Waals surface area contributed by atoms with Gasteiger partial charge in [0.05, 0.1) is 5.92 Å². The summed E-state index contributed by atoms with van der Waals surface area (Å²) in [4.78, 5) is 12.0. The Morgan fingerprint density at radius 1 is 1.11 bits per heavy atom. The molecule has 0 bridgehead atoms. The molecule has 0 radical (unpaired) electrons. The number of carbonyl (C=O) groups excluding carboxylic acids is 1. The molecule has 0 spiro atoms. The molecule has 0 unspecified atom stereocenters. The van der Waals surface area contributed by atoms with Crippen LogP contribution in [0.4, 0.5) is 5.69 Å². The number of benzene rings is 2. The quantitative estimate of drug-likeness (QED) is 0.867. The Kier molecular flexibility index (Phi) is 3.63. The number of carbonyl (C=O) groups is 1. The lowest BCUT2D eigenvalue weighted by Gasteiger charge is -2.12. The molecule has 2 aromatic rings. The summed E-state index contributed by atoms with van der Waals surface area (Å²) in [6.07, 6.45) is 0. The van der Waals surface area contributed by atoms with Crippen molar-refractivity contribution in [3.05, 3.63) is 60.2 Å². The van der Waals surface area contributed by atoms with Gasteiger partial charge in [0.1, 0.15) is 5.75 Å². The Morgan fingerprint density at radius 3 is 2.50 bits per heavy atom. The normalized spacial score (nSPS) is 11.8. The van der Waals surface area contributed by atoms with Crippen LogP contribution in [0.1, 0.15) is 18.4 Å². The summed E-state index contributed by atoms with van der Waals surface area (Å²) in [5, 5.41) is 12.1. The zero-order valence-electron chi connectivity index (χ0n) is 10.1. The van der Waals surface area contributed by atoms with Gasteiger partial charge in [-0.25, -0.2) is 0 Å². The van der Waals surface area contributed by atoms with E-state index in [-0.39, 0.29) is 17.6 Å². The highest BCUT2D eigenvalue weighted by molar-refractivity contribution is 5.95. The molecule has 3 heteroatoms. The van der Waals surface area contributed by atoms with E-state index in [1.165, 1.54) is 6.07 Å². The maximum atomic E-state index is 12.0. The van der Waals surface area contributed by atoms with E-state index in [4.69, 9.17) is 0 Å². The largest absolute Gasteiger partial charge is 0.508 e. The van der Waals surface area contributed by atoms with Gasteiger partial charge < -0.3 is 10.4 Å². The van der Waals surface area contributed by atoms with Crippen molar-refractivity contribution >= 4 is 11.6 Å². The fourth-order valence-corrected chi connectivity index (χ4v) is 1.73. The molecule has 3 nitrogen and oxygen atoms in total. The van der Waals surface area contributed by atoms with Crippen LogP contribution in [-0.4, -0.2) is 11.0 Å². The fraction of sp³-hybridized carbons (Fsp3) is 0.133. The van der Waals surface area contributed by atoms with Crippen LogP contribution in [0.25, 0.3) is 0 Å². The number of hydrogen-bond donors (Lipinski definition) is 2. The monoisotopic (exact) mass is 241 g/mol. The van der Waals surface area contributed by atoms with Crippen LogP contribution in [0.15, 0.2) is 54.6 Å². The van der Waals surface area contributed by atoms with Crippen LogP contribution >= 0.6 is 0 Å². The molecular weight excluding hydrogens is 226 g/mol. The third-order valence-corrected chi connectivity index (χ3v) is 2.81. The second-order valence-electron chi connectivity index (χ2n) is 4.17. The van der Waals surface area contributed by atoms with E-state index in [1.807, 2.05) is 37.3 Å². The molecule has 0 aliphatic rings. The smallest absolute Gasteiger partial charge is 0.231 e. The second kappa shape index (κ2) is 5.36. The first-order valence-electron chi connectivity index (χ1n) is 5.81. The van der Waals surface area contributed by atoms with Gasteiger partial charge in [-0.15, -0.1) is 0 Å². The van der Waals surface area contributed by atoms with Gasteiger partial charge in [0.2, 0.25) is 5.91 Å². The van der Waals surface area contributed by atoms with E-state index in [2.05, 4.69) is 5.32 Å². The predicted octanol–water partition coefficient (Wildman–Crippen LogP) is 3.13. The molecule has 0 aliphatic heterocycles. The number of nitrogens with one attached hydrogen (secondary N) is 1. The van der Waals surface area contributed by atoms with Gasteiger partial charge in [-0.05, 0) is 24.6 Å². The van der Waals surface area contributed by atoms with E-state index in [1.54, 1.807) is 18.2 Å². The van der Waals surface area contributed by atoms with Crippen LogP contribution in [0.2, 0.25) is 0 Å². The fourth-order valence-electron chi connectivity index (χ4n) is 1.73. The van der Waals surface area contributed by atoms with Crippen molar-refractivity contribution in [2.45, 2.75) is 12.8 Å². The number of amides is 1. The van der Waals surface area contributed by atoms with Crippen LogP contribution < -0.4 is 5.32 Å². The van der Waals surface area contributed by atoms with Gasteiger partial charge in [0.15, 0.2) is 0 Å². The molecule has 2 rings (SSSR count). The highest BCUT2D eigenvalue weighted by Crippen LogP contribution is 2.19. The lowest BCUT2D eigenvalue weighted by molar-refractivity contribution is -0.117. The third kappa shape index (κ3) is 2.88. The average Bonchev–Trinajstić information content (AvgIpc) is 2.39. The Bertz CT molecular complexity index is 537. The van der Waals surface area contributed by atoms with Crippen LogP contribution in [0.5, 0.6) is 5.75 Å². The van der Waals surface area contributed by atoms with Crippen molar-refractivity contribution in [3.63, 3.8) is 0 Å². The molecule has 0 heterocycles. The topological polar surface area (TPSA) is 49.3 Å². The van der Waals surface area contributed by atoms with Gasteiger partial charge in [-0.2, -0.15) is 0 Å². The predicted molar refractivity (Wildman–Crippen MR) is 71.6 cm³/mol. The Labute approximate surface area is 106 Å². The molecule has 0 saturated carbocycles. The summed E-state index contributed by atoms with van der Waals surface area (Å²) in [6, 6.07) is 16.1. The molecule has 2 aromatic carbocycles. The lowest BCUT2D eigenvalue weighted by Crippen LogP contribution is -2.18. The highest BCUT2D eigenvalue weighted by atomic mass is 16.3. The number of phenolic OH excluding ortho intramolecular Hbond substituents is 1. The van der Waals surface area contributed by atoms with Gasteiger partial charge in [-0.3, -0.25) is 4.79 Å². The number of aromatic hydroxyl groups is 1. The molecule has 1 amide bonds. The van der Waals surface area contributed by atoms with E-state index >= 15 is 0 Å². The van der Waals surface area contributed by atoms with Crippen molar-refractivity contribution in [3.8, 4) is 5.75 Å². The summed E-state index contributed by atoms with van der Waals surface area (Å²) in [5.74, 6) is -0.180. The zero-order valence-corrected chi connectivity index (χ0v) is 10.1. The van der Waals surface area contributed by atoms with E-state index in [0.29, 0.717) is 5.69 Å². The minimum absolute atomic E-state index is 0.0909. The molecule has 2 N–H and O–H groups in total. The maximum Gasteiger partial charge on any atom is 0.231 e. The second-order valence-corrected chi connectivity index (χ2v) is 4.17. The standard InChI is InChI=1S/C15H15NO2/c1-11(12-6-3-2-4-7-12)15(18)16-13-8-5-9-14(17)10-13/h2-11,17H,1H3,(H,16,18)/t11-/m1/s1. The molecule has 0 aliphatic carbocycles. The average molecular weight is 241 g/mol. The number of rotatable bonds is 3. The summed E-state index contributed by atoms with van der Waals surface area (Å²) < 4.78 is 0. The SMILES string of the molecule is C[C@@H](C(=O)Nc1cccc(O)c1)c1ccccc1. The van der Waals surface area contributed by atoms with E-state index in [9.17, 15) is 9.90 Å². The van der Waals surface area contributed by atoms with Crippen molar-refractivity contribution in [1.29, 1.82) is 0 Å². The van der Waals surface area contributed by atoms with Gasteiger partial charge >= 0.3 is 0 Å². The Hall–Kier alpha value is -2.29. The molecule has 0 saturated heterocycles. The number of hydrogen-bond acceptors (Lipinski definition) is 2. The first-order valence-corrected chi connectivity index (χ1v) is 5.81. The molecule has 0 aromatic heterocycles. The summed E-state index contributed by atoms with van der Waals surface area (Å²) in [6.45, 7) is 1.85. The van der Waals surface area contributed by atoms with Crippen LogP contribution in [0, 0.1) is 0 Å². The van der Waals surface area contributed by atoms with Crippen molar-refractivity contribution in [2.24, 2.45) is 0 Å². The molecule has 1 atom stereocenters. The van der Waals surface area contributed by atoms with Crippen molar-refractivity contribution < 1.29 is 9.90 Å².